The SMILES string of the molecule is Clc1ccc(C2=CC3CCNC3C2)cn1. The highest BCUT2D eigenvalue weighted by atomic mass is 35.5. The lowest BCUT2D eigenvalue weighted by Crippen LogP contribution is -2.22. The number of halogens is 1. The molecule has 2 atom stereocenters. The Kier molecular flexibility index (Phi) is 2.26. The summed E-state index contributed by atoms with van der Waals surface area (Å²) in [7, 11) is 0. The molecule has 1 aromatic rings. The van der Waals surface area contributed by atoms with Gasteiger partial charge >= 0.3 is 0 Å². The van der Waals surface area contributed by atoms with E-state index >= 15 is 0 Å². The van der Waals surface area contributed by atoms with Gasteiger partial charge in [0.25, 0.3) is 0 Å². The van der Waals surface area contributed by atoms with Crippen LogP contribution in [0.1, 0.15) is 18.4 Å². The van der Waals surface area contributed by atoms with Gasteiger partial charge < -0.3 is 5.32 Å². The lowest BCUT2D eigenvalue weighted by atomic mass is 10.1. The zero-order chi connectivity index (χ0) is 10.3. The van der Waals surface area contributed by atoms with Gasteiger partial charge in [-0.15, -0.1) is 0 Å². The molecule has 0 bridgehead atoms. The first-order valence-corrected chi connectivity index (χ1v) is 5.77. The largest absolute Gasteiger partial charge is 0.313 e. The molecular weight excluding hydrogens is 208 g/mol. The van der Waals surface area contributed by atoms with Crippen molar-refractivity contribution in [1.29, 1.82) is 0 Å². The molecule has 78 valence electrons. The summed E-state index contributed by atoms with van der Waals surface area (Å²) in [4.78, 5) is 4.12. The molecule has 1 saturated heterocycles. The molecule has 1 aromatic heterocycles. The molecule has 1 N–H and O–H groups in total. The molecule has 0 aromatic carbocycles. The fourth-order valence-electron chi connectivity index (χ4n) is 2.55. The van der Waals surface area contributed by atoms with Crippen LogP contribution in [0, 0.1) is 5.92 Å². The summed E-state index contributed by atoms with van der Waals surface area (Å²) < 4.78 is 0. The predicted molar refractivity (Wildman–Crippen MR) is 61.7 cm³/mol. The zero-order valence-electron chi connectivity index (χ0n) is 8.41. The van der Waals surface area contributed by atoms with E-state index in [1.807, 2.05) is 12.3 Å². The molecule has 2 aliphatic rings. The van der Waals surface area contributed by atoms with E-state index in [-0.39, 0.29) is 0 Å². The summed E-state index contributed by atoms with van der Waals surface area (Å²) >= 11 is 5.77. The maximum absolute atomic E-state index is 5.77. The van der Waals surface area contributed by atoms with Crippen LogP contribution in [0.5, 0.6) is 0 Å². The normalized spacial score (nSPS) is 29.0. The van der Waals surface area contributed by atoms with Crippen LogP contribution in [0.4, 0.5) is 0 Å². The van der Waals surface area contributed by atoms with Crippen LogP contribution in [0.2, 0.25) is 5.15 Å². The quantitative estimate of drug-likeness (QED) is 0.736. The summed E-state index contributed by atoms with van der Waals surface area (Å²) in [5, 5.41) is 4.10. The number of aromatic nitrogens is 1. The Bertz CT molecular complexity index is 397. The zero-order valence-corrected chi connectivity index (χ0v) is 9.17. The lowest BCUT2D eigenvalue weighted by Gasteiger charge is -2.08. The Morgan fingerprint density at radius 1 is 1.40 bits per heavy atom. The minimum Gasteiger partial charge on any atom is -0.313 e. The van der Waals surface area contributed by atoms with E-state index in [2.05, 4.69) is 22.4 Å². The number of nitrogens with zero attached hydrogens (tertiary/aromatic N) is 1. The summed E-state index contributed by atoms with van der Waals surface area (Å²) in [6.45, 7) is 1.16. The summed E-state index contributed by atoms with van der Waals surface area (Å²) in [6, 6.07) is 4.58. The topological polar surface area (TPSA) is 24.9 Å². The van der Waals surface area contributed by atoms with Crippen LogP contribution in [0.3, 0.4) is 0 Å². The number of hydrogen-bond donors (Lipinski definition) is 1. The van der Waals surface area contributed by atoms with Crippen molar-refractivity contribution < 1.29 is 0 Å². The van der Waals surface area contributed by atoms with E-state index in [9.17, 15) is 0 Å². The lowest BCUT2D eigenvalue weighted by molar-refractivity contribution is 0.563. The molecule has 0 saturated carbocycles. The van der Waals surface area contributed by atoms with Gasteiger partial charge in [-0.05, 0) is 42.5 Å². The Morgan fingerprint density at radius 3 is 3.07 bits per heavy atom. The molecule has 3 rings (SSSR count). The minimum absolute atomic E-state index is 0.565. The second-order valence-corrected chi connectivity index (χ2v) is 4.67. The summed E-state index contributed by atoms with van der Waals surface area (Å²) in [5.74, 6) is 0.732. The fourth-order valence-corrected chi connectivity index (χ4v) is 2.67. The number of nitrogens with one attached hydrogen (secondary N) is 1. The van der Waals surface area contributed by atoms with Crippen molar-refractivity contribution in [3.63, 3.8) is 0 Å². The Labute approximate surface area is 94.4 Å². The van der Waals surface area contributed by atoms with Crippen LogP contribution < -0.4 is 5.32 Å². The number of hydrogen-bond acceptors (Lipinski definition) is 2. The third kappa shape index (κ3) is 1.68. The van der Waals surface area contributed by atoms with Crippen LogP contribution in [-0.2, 0) is 0 Å². The van der Waals surface area contributed by atoms with Gasteiger partial charge in [-0.3, -0.25) is 0 Å². The number of rotatable bonds is 1. The first kappa shape index (κ1) is 9.37. The average Bonchev–Trinajstić information content (AvgIpc) is 2.78. The molecule has 3 heteroatoms. The number of fused-ring (bicyclic) bond motifs is 1. The van der Waals surface area contributed by atoms with Gasteiger partial charge in [0.2, 0.25) is 0 Å². The van der Waals surface area contributed by atoms with Crippen LogP contribution >= 0.6 is 11.6 Å². The molecule has 2 heterocycles. The van der Waals surface area contributed by atoms with Crippen LogP contribution in [0.25, 0.3) is 5.57 Å². The molecule has 15 heavy (non-hydrogen) atoms. The van der Waals surface area contributed by atoms with Crippen LogP contribution in [-0.4, -0.2) is 17.6 Å². The van der Waals surface area contributed by atoms with Gasteiger partial charge in [0, 0.05) is 12.2 Å². The predicted octanol–water partition coefficient (Wildman–Crippen LogP) is 2.50. The third-order valence-electron chi connectivity index (χ3n) is 3.35. The monoisotopic (exact) mass is 220 g/mol. The van der Waals surface area contributed by atoms with Crippen molar-refractivity contribution in [2.24, 2.45) is 5.92 Å². The van der Waals surface area contributed by atoms with Crippen molar-refractivity contribution in [3.05, 3.63) is 35.1 Å². The summed E-state index contributed by atoms with van der Waals surface area (Å²) in [5.41, 5.74) is 2.64. The van der Waals surface area contributed by atoms with Gasteiger partial charge in [0.05, 0.1) is 0 Å². The van der Waals surface area contributed by atoms with Crippen molar-refractivity contribution in [2.75, 3.05) is 6.54 Å². The molecule has 0 amide bonds. The van der Waals surface area contributed by atoms with Crippen molar-refractivity contribution in [2.45, 2.75) is 18.9 Å². The van der Waals surface area contributed by atoms with E-state index in [0.29, 0.717) is 11.2 Å². The fraction of sp³-hybridized carbons (Fsp3) is 0.417. The molecule has 1 aliphatic carbocycles. The molecule has 2 unspecified atom stereocenters. The van der Waals surface area contributed by atoms with Gasteiger partial charge in [-0.1, -0.05) is 23.7 Å². The van der Waals surface area contributed by atoms with E-state index < -0.39 is 0 Å². The van der Waals surface area contributed by atoms with E-state index in [1.165, 1.54) is 17.6 Å². The molecule has 1 fully saturated rings. The average molecular weight is 221 g/mol. The Balaban J connectivity index is 1.87. The third-order valence-corrected chi connectivity index (χ3v) is 3.58. The molecule has 1 aliphatic heterocycles. The van der Waals surface area contributed by atoms with E-state index in [0.717, 1.165) is 18.9 Å². The Hall–Kier alpha value is -0.860. The van der Waals surface area contributed by atoms with Crippen molar-refractivity contribution in [3.8, 4) is 0 Å². The Morgan fingerprint density at radius 2 is 2.33 bits per heavy atom. The first-order chi connectivity index (χ1) is 7.33. The van der Waals surface area contributed by atoms with E-state index in [4.69, 9.17) is 11.6 Å². The van der Waals surface area contributed by atoms with Gasteiger partial charge in [0.15, 0.2) is 0 Å². The second kappa shape index (κ2) is 3.62. The molecule has 0 spiro atoms. The van der Waals surface area contributed by atoms with E-state index in [1.54, 1.807) is 0 Å². The second-order valence-electron chi connectivity index (χ2n) is 4.28. The van der Waals surface area contributed by atoms with Gasteiger partial charge in [-0.25, -0.2) is 4.98 Å². The molecule has 2 nitrogen and oxygen atoms in total. The minimum atomic E-state index is 0.565. The van der Waals surface area contributed by atoms with Gasteiger partial charge in [-0.2, -0.15) is 0 Å². The maximum Gasteiger partial charge on any atom is 0.129 e. The number of pyridine rings is 1. The van der Waals surface area contributed by atoms with Crippen molar-refractivity contribution >= 4 is 17.2 Å². The highest BCUT2D eigenvalue weighted by Crippen LogP contribution is 2.35. The summed E-state index contributed by atoms with van der Waals surface area (Å²) in [6.07, 6.45) is 6.67. The smallest absolute Gasteiger partial charge is 0.129 e. The molecule has 0 radical (unpaired) electrons. The highest BCUT2D eigenvalue weighted by Gasteiger charge is 2.31. The highest BCUT2D eigenvalue weighted by molar-refractivity contribution is 6.29. The van der Waals surface area contributed by atoms with Crippen molar-refractivity contribution in [1.82, 2.24) is 10.3 Å². The van der Waals surface area contributed by atoms with Crippen LogP contribution in [0.15, 0.2) is 24.4 Å². The van der Waals surface area contributed by atoms with Gasteiger partial charge in [0.1, 0.15) is 5.15 Å². The molecular formula is C12H13ClN2. The standard InChI is InChI=1S/C12H13ClN2/c13-12-2-1-9(7-15-12)10-5-8-3-4-14-11(8)6-10/h1-2,5,7-8,11,14H,3-4,6H2. The first-order valence-electron chi connectivity index (χ1n) is 5.39. The maximum atomic E-state index is 5.77.